The SMILES string of the molecule is CCC(C)CC(CC)Nc1ccc(C#N)c(C(F)(F)F)c1. The lowest BCUT2D eigenvalue weighted by Gasteiger charge is -2.22. The highest BCUT2D eigenvalue weighted by molar-refractivity contribution is 5.53. The molecule has 0 aliphatic heterocycles. The molecule has 0 fully saturated rings. The molecule has 0 radical (unpaired) electrons. The van der Waals surface area contributed by atoms with Crippen LogP contribution in [0.1, 0.15) is 51.2 Å². The van der Waals surface area contributed by atoms with Gasteiger partial charge in [0.15, 0.2) is 0 Å². The monoisotopic (exact) mass is 298 g/mol. The average molecular weight is 298 g/mol. The molecule has 1 aromatic carbocycles. The fourth-order valence-electron chi connectivity index (χ4n) is 2.18. The smallest absolute Gasteiger partial charge is 0.382 e. The Morgan fingerprint density at radius 1 is 1.24 bits per heavy atom. The summed E-state index contributed by atoms with van der Waals surface area (Å²) in [5, 5.41) is 11.9. The number of anilines is 1. The number of hydrogen-bond donors (Lipinski definition) is 1. The van der Waals surface area contributed by atoms with E-state index >= 15 is 0 Å². The van der Waals surface area contributed by atoms with Crippen LogP contribution in [-0.4, -0.2) is 6.04 Å². The fourth-order valence-corrected chi connectivity index (χ4v) is 2.18. The number of alkyl halides is 3. The van der Waals surface area contributed by atoms with Gasteiger partial charge in [-0.25, -0.2) is 0 Å². The highest BCUT2D eigenvalue weighted by Gasteiger charge is 2.33. The van der Waals surface area contributed by atoms with Crippen LogP contribution in [0.4, 0.5) is 18.9 Å². The van der Waals surface area contributed by atoms with Crippen LogP contribution in [0, 0.1) is 17.2 Å². The third-order valence-electron chi connectivity index (χ3n) is 3.69. The minimum atomic E-state index is -4.51. The van der Waals surface area contributed by atoms with Crippen molar-refractivity contribution in [3.05, 3.63) is 29.3 Å². The van der Waals surface area contributed by atoms with E-state index in [1.54, 1.807) is 6.07 Å². The van der Waals surface area contributed by atoms with Crippen LogP contribution in [0.5, 0.6) is 0 Å². The molecular weight excluding hydrogens is 277 g/mol. The minimum Gasteiger partial charge on any atom is -0.382 e. The first-order chi connectivity index (χ1) is 9.81. The summed E-state index contributed by atoms with van der Waals surface area (Å²) < 4.78 is 38.8. The first-order valence-corrected chi connectivity index (χ1v) is 7.19. The number of rotatable bonds is 6. The quantitative estimate of drug-likeness (QED) is 0.783. The molecule has 0 aliphatic carbocycles. The first-order valence-electron chi connectivity index (χ1n) is 7.19. The Morgan fingerprint density at radius 2 is 1.90 bits per heavy atom. The topological polar surface area (TPSA) is 35.8 Å². The maximum Gasteiger partial charge on any atom is 0.417 e. The third-order valence-corrected chi connectivity index (χ3v) is 3.69. The predicted molar refractivity (Wildman–Crippen MR) is 77.9 cm³/mol. The van der Waals surface area contributed by atoms with Gasteiger partial charge >= 0.3 is 6.18 Å². The van der Waals surface area contributed by atoms with Gasteiger partial charge < -0.3 is 5.32 Å². The molecule has 0 bridgehead atoms. The number of halogens is 3. The highest BCUT2D eigenvalue weighted by atomic mass is 19.4. The maximum absolute atomic E-state index is 12.9. The normalized spacial score (nSPS) is 14.3. The third kappa shape index (κ3) is 4.96. The Morgan fingerprint density at radius 3 is 2.38 bits per heavy atom. The zero-order valence-corrected chi connectivity index (χ0v) is 12.6. The predicted octanol–water partition coefficient (Wildman–Crippen LogP) is 5.20. The van der Waals surface area contributed by atoms with E-state index in [1.807, 2.05) is 6.92 Å². The lowest BCUT2D eigenvalue weighted by Crippen LogP contribution is -2.21. The van der Waals surface area contributed by atoms with Crippen molar-refractivity contribution in [1.29, 1.82) is 5.26 Å². The van der Waals surface area contributed by atoms with Crippen LogP contribution in [-0.2, 0) is 6.18 Å². The van der Waals surface area contributed by atoms with Gasteiger partial charge in [0.2, 0.25) is 0 Å². The van der Waals surface area contributed by atoms with E-state index in [2.05, 4.69) is 19.2 Å². The Hall–Kier alpha value is -1.70. The van der Waals surface area contributed by atoms with E-state index in [4.69, 9.17) is 5.26 Å². The zero-order valence-electron chi connectivity index (χ0n) is 12.6. The Kier molecular flexibility index (Phi) is 6.07. The van der Waals surface area contributed by atoms with Gasteiger partial charge in [-0.15, -0.1) is 0 Å². The van der Waals surface area contributed by atoms with Gasteiger partial charge in [0.05, 0.1) is 17.2 Å². The van der Waals surface area contributed by atoms with Gasteiger partial charge in [-0.3, -0.25) is 0 Å². The summed E-state index contributed by atoms with van der Waals surface area (Å²) in [5.41, 5.74) is -0.812. The largest absolute Gasteiger partial charge is 0.417 e. The van der Waals surface area contributed by atoms with Crippen molar-refractivity contribution in [2.45, 2.75) is 52.3 Å². The molecule has 0 spiro atoms. The summed E-state index contributed by atoms with van der Waals surface area (Å²) >= 11 is 0. The number of nitriles is 1. The van der Waals surface area contributed by atoms with Crippen molar-refractivity contribution in [3.63, 3.8) is 0 Å². The van der Waals surface area contributed by atoms with Crippen molar-refractivity contribution in [1.82, 2.24) is 0 Å². The summed E-state index contributed by atoms with van der Waals surface area (Å²) in [6.45, 7) is 6.24. The second-order valence-electron chi connectivity index (χ2n) is 5.37. The standard InChI is InChI=1S/C16H21F3N2/c1-4-11(3)8-13(5-2)21-14-7-6-12(10-20)15(9-14)16(17,18)19/h6-7,9,11,13,21H,4-5,8H2,1-3H3. The second-order valence-corrected chi connectivity index (χ2v) is 5.37. The molecule has 1 N–H and O–H groups in total. The van der Waals surface area contributed by atoms with E-state index in [9.17, 15) is 13.2 Å². The van der Waals surface area contributed by atoms with E-state index in [-0.39, 0.29) is 11.6 Å². The summed E-state index contributed by atoms with van der Waals surface area (Å²) in [6, 6.07) is 5.51. The average Bonchev–Trinajstić information content (AvgIpc) is 2.45. The Balaban J connectivity index is 2.96. The molecule has 5 heteroatoms. The van der Waals surface area contributed by atoms with Crippen LogP contribution in [0.15, 0.2) is 18.2 Å². The summed E-state index contributed by atoms with van der Waals surface area (Å²) in [5.74, 6) is 0.517. The first kappa shape index (κ1) is 17.4. The van der Waals surface area contributed by atoms with Crippen molar-refractivity contribution in [2.75, 3.05) is 5.32 Å². The molecule has 116 valence electrons. The molecule has 1 rings (SSSR count). The molecule has 1 aromatic rings. The van der Waals surface area contributed by atoms with E-state index in [0.29, 0.717) is 11.6 Å². The highest BCUT2D eigenvalue weighted by Crippen LogP contribution is 2.34. The molecule has 0 heterocycles. The number of hydrogen-bond acceptors (Lipinski definition) is 2. The van der Waals surface area contributed by atoms with Crippen LogP contribution in [0.25, 0.3) is 0 Å². The molecule has 0 saturated heterocycles. The van der Waals surface area contributed by atoms with E-state index < -0.39 is 11.7 Å². The van der Waals surface area contributed by atoms with Gasteiger partial charge in [-0.2, -0.15) is 18.4 Å². The van der Waals surface area contributed by atoms with E-state index in [1.165, 1.54) is 12.1 Å². The number of benzene rings is 1. The Labute approximate surface area is 124 Å². The van der Waals surface area contributed by atoms with Crippen molar-refractivity contribution < 1.29 is 13.2 Å². The van der Waals surface area contributed by atoms with Gasteiger partial charge in [0.1, 0.15) is 0 Å². The fraction of sp³-hybridized carbons (Fsp3) is 0.562. The molecule has 0 amide bonds. The minimum absolute atomic E-state index is 0.133. The number of nitrogens with zero attached hydrogens (tertiary/aromatic N) is 1. The molecule has 2 unspecified atom stereocenters. The maximum atomic E-state index is 12.9. The van der Waals surface area contributed by atoms with Gasteiger partial charge in [-0.05, 0) is 37.0 Å². The molecule has 21 heavy (non-hydrogen) atoms. The van der Waals surface area contributed by atoms with E-state index in [0.717, 1.165) is 25.3 Å². The van der Waals surface area contributed by atoms with Crippen LogP contribution >= 0.6 is 0 Å². The molecule has 2 nitrogen and oxygen atoms in total. The van der Waals surface area contributed by atoms with Gasteiger partial charge in [0, 0.05) is 11.7 Å². The van der Waals surface area contributed by atoms with Gasteiger partial charge in [0.25, 0.3) is 0 Å². The number of nitrogens with one attached hydrogen (secondary N) is 1. The second kappa shape index (κ2) is 7.35. The van der Waals surface area contributed by atoms with Crippen LogP contribution in [0.3, 0.4) is 0 Å². The summed E-state index contributed by atoms with van der Waals surface area (Å²) in [6.07, 6.45) is -1.72. The van der Waals surface area contributed by atoms with Crippen molar-refractivity contribution in [2.24, 2.45) is 5.92 Å². The molecule has 0 saturated carbocycles. The molecule has 0 aromatic heterocycles. The summed E-state index contributed by atoms with van der Waals surface area (Å²) in [7, 11) is 0. The molecule has 0 aliphatic rings. The molecule has 2 atom stereocenters. The van der Waals surface area contributed by atoms with Crippen LogP contribution in [0.2, 0.25) is 0 Å². The van der Waals surface area contributed by atoms with Crippen molar-refractivity contribution in [3.8, 4) is 6.07 Å². The van der Waals surface area contributed by atoms with Crippen LogP contribution < -0.4 is 5.32 Å². The van der Waals surface area contributed by atoms with Gasteiger partial charge in [-0.1, -0.05) is 27.2 Å². The lowest BCUT2D eigenvalue weighted by molar-refractivity contribution is -0.137. The van der Waals surface area contributed by atoms with Crippen molar-refractivity contribution >= 4 is 5.69 Å². The Bertz CT molecular complexity index is 503. The lowest BCUT2D eigenvalue weighted by atomic mass is 9.97. The molecular formula is C16H21F3N2. The zero-order chi connectivity index (χ0) is 16.0. The summed E-state index contributed by atoms with van der Waals surface area (Å²) in [4.78, 5) is 0.